The average Bonchev–Trinajstić information content (AvgIpc) is 2.45. The second kappa shape index (κ2) is 7.73. The van der Waals surface area contributed by atoms with E-state index in [4.69, 9.17) is 0 Å². The van der Waals surface area contributed by atoms with Crippen molar-refractivity contribution in [1.82, 2.24) is 15.1 Å². The Bertz CT molecular complexity index is 451. The van der Waals surface area contributed by atoms with Crippen LogP contribution in [0, 0.1) is 0 Å². The fraction of sp³-hybridized carbons (Fsp3) is 0.647. The molecule has 1 heterocycles. The Morgan fingerprint density at radius 1 is 1.24 bits per heavy atom. The summed E-state index contributed by atoms with van der Waals surface area (Å²) in [6.07, 6.45) is 0. The lowest BCUT2D eigenvalue weighted by atomic mass is 10.1. The van der Waals surface area contributed by atoms with Crippen LogP contribution in [0.3, 0.4) is 0 Å². The van der Waals surface area contributed by atoms with Crippen LogP contribution in [0.2, 0.25) is 0 Å². The molecule has 1 aliphatic heterocycles. The fourth-order valence-corrected chi connectivity index (χ4v) is 3.53. The number of halogens is 1. The lowest BCUT2D eigenvalue weighted by Crippen LogP contribution is -2.54. The number of nitrogens with zero attached hydrogens (tertiary/aromatic N) is 2. The van der Waals surface area contributed by atoms with Gasteiger partial charge < -0.3 is 5.32 Å². The van der Waals surface area contributed by atoms with Crippen molar-refractivity contribution >= 4 is 15.9 Å². The number of benzene rings is 1. The first kappa shape index (κ1) is 16.9. The van der Waals surface area contributed by atoms with Crippen LogP contribution >= 0.6 is 15.9 Å². The molecule has 21 heavy (non-hydrogen) atoms. The van der Waals surface area contributed by atoms with Crippen LogP contribution in [-0.4, -0.2) is 48.6 Å². The Hall–Kier alpha value is -0.420. The number of hydrogen-bond donors (Lipinski definition) is 1. The molecule has 1 aromatic carbocycles. The molecule has 1 aliphatic rings. The number of nitrogens with one attached hydrogen (secondary N) is 1. The van der Waals surface area contributed by atoms with E-state index in [0.29, 0.717) is 12.1 Å². The maximum Gasteiger partial charge on any atom is 0.0246 e. The highest BCUT2D eigenvalue weighted by atomic mass is 79.9. The summed E-state index contributed by atoms with van der Waals surface area (Å²) in [4.78, 5) is 5.05. The Labute approximate surface area is 137 Å². The topological polar surface area (TPSA) is 18.5 Å². The van der Waals surface area contributed by atoms with Crippen molar-refractivity contribution in [3.05, 3.63) is 33.8 Å². The van der Waals surface area contributed by atoms with E-state index in [0.717, 1.165) is 32.7 Å². The average molecular weight is 354 g/mol. The van der Waals surface area contributed by atoms with Crippen molar-refractivity contribution in [1.29, 1.82) is 0 Å². The number of piperazine rings is 1. The molecule has 0 amide bonds. The monoisotopic (exact) mass is 353 g/mol. The molecule has 0 aromatic heterocycles. The first-order valence-corrected chi connectivity index (χ1v) is 8.72. The quantitative estimate of drug-likeness (QED) is 0.877. The molecule has 1 saturated heterocycles. The molecule has 1 aromatic rings. The number of rotatable bonds is 5. The molecule has 118 valence electrons. The van der Waals surface area contributed by atoms with Crippen LogP contribution < -0.4 is 5.32 Å². The number of hydrogen-bond acceptors (Lipinski definition) is 3. The van der Waals surface area contributed by atoms with E-state index in [-0.39, 0.29) is 0 Å². The normalized spacial score (nSPS) is 24.4. The first-order valence-electron chi connectivity index (χ1n) is 7.93. The van der Waals surface area contributed by atoms with Gasteiger partial charge in [-0.2, -0.15) is 0 Å². The fourth-order valence-electron chi connectivity index (χ4n) is 2.98. The summed E-state index contributed by atoms with van der Waals surface area (Å²) < 4.78 is 1.23. The minimum Gasteiger partial charge on any atom is -0.313 e. The van der Waals surface area contributed by atoms with Gasteiger partial charge in [-0.1, -0.05) is 35.0 Å². The lowest BCUT2D eigenvalue weighted by molar-refractivity contribution is 0.0555. The van der Waals surface area contributed by atoms with Crippen molar-refractivity contribution in [3.63, 3.8) is 0 Å². The van der Waals surface area contributed by atoms with Crippen LogP contribution in [0.1, 0.15) is 31.9 Å². The SMILES string of the molecule is CCNCc1ccc(CN2CC(C)N(C)C(C)C2)c(Br)c1. The van der Waals surface area contributed by atoms with Crippen molar-refractivity contribution in [2.45, 2.75) is 45.9 Å². The van der Waals surface area contributed by atoms with E-state index in [9.17, 15) is 0 Å². The third-order valence-corrected chi connectivity index (χ3v) is 5.26. The zero-order valence-corrected chi connectivity index (χ0v) is 15.3. The predicted molar refractivity (Wildman–Crippen MR) is 93.5 cm³/mol. The van der Waals surface area contributed by atoms with Gasteiger partial charge in [0.25, 0.3) is 0 Å². The van der Waals surface area contributed by atoms with Gasteiger partial charge in [0, 0.05) is 42.7 Å². The summed E-state index contributed by atoms with van der Waals surface area (Å²) in [6, 6.07) is 8.01. The van der Waals surface area contributed by atoms with Gasteiger partial charge in [0.15, 0.2) is 0 Å². The van der Waals surface area contributed by atoms with Gasteiger partial charge in [0.1, 0.15) is 0 Å². The Morgan fingerprint density at radius 2 is 1.90 bits per heavy atom. The van der Waals surface area contributed by atoms with E-state index in [1.54, 1.807) is 0 Å². The minimum absolute atomic E-state index is 0.626. The molecule has 2 unspecified atom stereocenters. The lowest BCUT2D eigenvalue weighted by Gasteiger charge is -2.42. The third kappa shape index (κ3) is 4.52. The van der Waals surface area contributed by atoms with E-state index in [2.05, 4.69) is 77.1 Å². The predicted octanol–water partition coefficient (Wildman–Crippen LogP) is 3.08. The van der Waals surface area contributed by atoms with Crippen molar-refractivity contribution in [3.8, 4) is 0 Å². The van der Waals surface area contributed by atoms with Crippen molar-refractivity contribution < 1.29 is 0 Å². The maximum absolute atomic E-state index is 3.74. The molecule has 1 fully saturated rings. The van der Waals surface area contributed by atoms with Gasteiger partial charge in [-0.15, -0.1) is 0 Å². The molecule has 2 rings (SSSR count). The molecule has 0 radical (unpaired) electrons. The molecule has 1 N–H and O–H groups in total. The van der Waals surface area contributed by atoms with Crippen LogP contribution in [0.5, 0.6) is 0 Å². The summed E-state index contributed by atoms with van der Waals surface area (Å²) in [7, 11) is 2.23. The Balaban J connectivity index is 1.99. The van der Waals surface area contributed by atoms with E-state index < -0.39 is 0 Å². The standard InChI is InChI=1S/C17H28BrN3/c1-5-19-9-15-6-7-16(17(18)8-15)12-21-10-13(2)20(4)14(3)11-21/h6-8,13-14,19H,5,9-12H2,1-4H3. The molecule has 0 aliphatic carbocycles. The molecular weight excluding hydrogens is 326 g/mol. The largest absolute Gasteiger partial charge is 0.313 e. The van der Waals surface area contributed by atoms with Gasteiger partial charge in [-0.3, -0.25) is 9.80 Å². The molecule has 0 spiro atoms. The van der Waals surface area contributed by atoms with E-state index >= 15 is 0 Å². The van der Waals surface area contributed by atoms with Crippen molar-refractivity contribution in [2.24, 2.45) is 0 Å². The van der Waals surface area contributed by atoms with Gasteiger partial charge in [0.2, 0.25) is 0 Å². The van der Waals surface area contributed by atoms with E-state index in [1.165, 1.54) is 15.6 Å². The summed E-state index contributed by atoms with van der Waals surface area (Å²) in [5.74, 6) is 0. The Morgan fingerprint density at radius 3 is 2.48 bits per heavy atom. The first-order chi connectivity index (χ1) is 10.0. The molecule has 0 saturated carbocycles. The molecule has 3 nitrogen and oxygen atoms in total. The molecular formula is C17H28BrN3. The second-order valence-electron chi connectivity index (χ2n) is 6.26. The highest BCUT2D eigenvalue weighted by molar-refractivity contribution is 9.10. The highest BCUT2D eigenvalue weighted by Crippen LogP contribution is 2.22. The molecule has 0 bridgehead atoms. The van der Waals surface area contributed by atoms with Crippen LogP contribution in [-0.2, 0) is 13.1 Å². The van der Waals surface area contributed by atoms with Gasteiger partial charge in [0.05, 0.1) is 0 Å². The zero-order chi connectivity index (χ0) is 15.4. The summed E-state index contributed by atoms with van der Waals surface area (Å²) in [6.45, 7) is 12.0. The molecule has 4 heteroatoms. The van der Waals surface area contributed by atoms with Gasteiger partial charge >= 0.3 is 0 Å². The van der Waals surface area contributed by atoms with Crippen molar-refractivity contribution in [2.75, 3.05) is 26.7 Å². The summed E-state index contributed by atoms with van der Waals surface area (Å²) >= 11 is 3.74. The molecule has 2 atom stereocenters. The van der Waals surface area contributed by atoms with Gasteiger partial charge in [-0.25, -0.2) is 0 Å². The summed E-state index contributed by atoms with van der Waals surface area (Å²) in [5.41, 5.74) is 2.73. The van der Waals surface area contributed by atoms with Crippen LogP contribution in [0.4, 0.5) is 0 Å². The van der Waals surface area contributed by atoms with Crippen LogP contribution in [0.25, 0.3) is 0 Å². The smallest absolute Gasteiger partial charge is 0.0246 e. The summed E-state index contributed by atoms with van der Waals surface area (Å²) in [5, 5.41) is 3.37. The zero-order valence-electron chi connectivity index (χ0n) is 13.7. The minimum atomic E-state index is 0.626. The van der Waals surface area contributed by atoms with Crippen LogP contribution in [0.15, 0.2) is 22.7 Å². The van der Waals surface area contributed by atoms with E-state index in [1.807, 2.05) is 0 Å². The maximum atomic E-state index is 3.74. The highest BCUT2D eigenvalue weighted by Gasteiger charge is 2.26. The number of likely N-dealkylation sites (N-methyl/N-ethyl adjacent to an activating group) is 1. The third-order valence-electron chi connectivity index (χ3n) is 4.53. The Kier molecular flexibility index (Phi) is 6.23. The van der Waals surface area contributed by atoms with Gasteiger partial charge in [-0.05, 0) is 44.6 Å². The second-order valence-corrected chi connectivity index (χ2v) is 7.12.